The number of likely N-dealkylation sites (N-methyl/N-ethyl adjacent to an activating group) is 1. The maximum absolute atomic E-state index is 5.73. The van der Waals surface area contributed by atoms with Gasteiger partial charge >= 0.3 is 0 Å². The summed E-state index contributed by atoms with van der Waals surface area (Å²) in [6, 6.07) is 0.549. The molecule has 0 bridgehead atoms. The van der Waals surface area contributed by atoms with Crippen LogP contribution in [0.4, 0.5) is 0 Å². The molecule has 2 heterocycles. The molecule has 2 atom stereocenters. The highest BCUT2D eigenvalue weighted by Crippen LogP contribution is 2.19. The highest BCUT2D eigenvalue weighted by molar-refractivity contribution is 5.02. The highest BCUT2D eigenvalue weighted by Gasteiger charge is 2.23. The van der Waals surface area contributed by atoms with E-state index >= 15 is 0 Å². The summed E-state index contributed by atoms with van der Waals surface area (Å²) in [6.07, 6.45) is 5.10. The van der Waals surface area contributed by atoms with E-state index in [0.717, 1.165) is 18.0 Å². The number of likely N-dealkylation sites (tertiary alicyclic amines) is 1. The summed E-state index contributed by atoms with van der Waals surface area (Å²) in [5.74, 6) is 0.820. The van der Waals surface area contributed by atoms with Crippen molar-refractivity contribution in [1.82, 2.24) is 9.88 Å². The smallest absolute Gasteiger partial charge is 0.195 e. The van der Waals surface area contributed by atoms with Crippen LogP contribution in [0.25, 0.3) is 0 Å². The summed E-state index contributed by atoms with van der Waals surface area (Å²) in [4.78, 5) is 6.76. The zero-order valence-electron chi connectivity index (χ0n) is 9.44. The predicted octanol–water partition coefficient (Wildman–Crippen LogP) is 1.33. The molecule has 2 unspecified atom stereocenters. The number of nitrogens with zero attached hydrogens (tertiary/aromatic N) is 2. The molecule has 0 amide bonds. The van der Waals surface area contributed by atoms with Crippen LogP contribution >= 0.6 is 0 Å². The van der Waals surface area contributed by atoms with Gasteiger partial charge in [-0.2, -0.15) is 0 Å². The normalized spacial score (nSPS) is 24.6. The molecule has 84 valence electrons. The van der Waals surface area contributed by atoms with E-state index in [-0.39, 0.29) is 6.04 Å². The van der Waals surface area contributed by atoms with Gasteiger partial charge in [-0.1, -0.05) is 0 Å². The lowest BCUT2D eigenvalue weighted by atomic mass is 10.1. The van der Waals surface area contributed by atoms with Crippen molar-refractivity contribution in [1.29, 1.82) is 0 Å². The Kier molecular flexibility index (Phi) is 3.07. The van der Waals surface area contributed by atoms with Crippen molar-refractivity contribution >= 4 is 0 Å². The van der Waals surface area contributed by atoms with Crippen LogP contribution in [0.3, 0.4) is 0 Å². The zero-order valence-corrected chi connectivity index (χ0v) is 9.44. The minimum absolute atomic E-state index is 0.0381. The molecular weight excluding hydrogens is 190 g/mol. The van der Waals surface area contributed by atoms with Gasteiger partial charge < -0.3 is 15.1 Å². The minimum Gasteiger partial charge on any atom is -0.449 e. The topological polar surface area (TPSA) is 55.3 Å². The van der Waals surface area contributed by atoms with Crippen LogP contribution in [0.15, 0.2) is 10.7 Å². The van der Waals surface area contributed by atoms with Crippen molar-refractivity contribution in [2.45, 2.75) is 38.3 Å². The Morgan fingerprint density at radius 3 is 3.07 bits per heavy atom. The van der Waals surface area contributed by atoms with Crippen LogP contribution in [0, 0.1) is 0 Å². The molecule has 1 aliphatic rings. The Bertz CT molecular complexity index is 321. The molecule has 1 aromatic rings. The summed E-state index contributed by atoms with van der Waals surface area (Å²) in [6.45, 7) is 3.11. The standard InChI is InChI=1S/C11H19N3O/c1-8(12)10-7-15-11(13-10)6-9-4-3-5-14(9)2/h7-9H,3-6,12H2,1-2H3. The van der Waals surface area contributed by atoms with Crippen molar-refractivity contribution in [3.63, 3.8) is 0 Å². The van der Waals surface area contributed by atoms with E-state index < -0.39 is 0 Å². The summed E-state index contributed by atoms with van der Waals surface area (Å²) < 4.78 is 5.42. The molecule has 1 aliphatic heterocycles. The molecule has 0 aliphatic carbocycles. The van der Waals surface area contributed by atoms with E-state index in [0.29, 0.717) is 6.04 Å². The molecule has 0 aromatic carbocycles. The summed E-state index contributed by atoms with van der Waals surface area (Å²) in [5.41, 5.74) is 6.58. The van der Waals surface area contributed by atoms with Gasteiger partial charge in [0, 0.05) is 18.5 Å². The van der Waals surface area contributed by atoms with Gasteiger partial charge in [0.25, 0.3) is 0 Å². The summed E-state index contributed by atoms with van der Waals surface area (Å²) in [5, 5.41) is 0. The number of nitrogens with two attached hydrogens (primary N) is 1. The van der Waals surface area contributed by atoms with Gasteiger partial charge in [0.15, 0.2) is 5.89 Å². The number of hydrogen-bond donors (Lipinski definition) is 1. The van der Waals surface area contributed by atoms with Gasteiger partial charge in [0.2, 0.25) is 0 Å². The van der Waals surface area contributed by atoms with Gasteiger partial charge in [-0.05, 0) is 33.4 Å². The van der Waals surface area contributed by atoms with Crippen molar-refractivity contribution < 1.29 is 4.42 Å². The predicted molar refractivity (Wildman–Crippen MR) is 58.5 cm³/mol. The van der Waals surface area contributed by atoms with Crippen molar-refractivity contribution in [2.24, 2.45) is 5.73 Å². The fourth-order valence-electron chi connectivity index (χ4n) is 2.07. The minimum atomic E-state index is -0.0381. The quantitative estimate of drug-likeness (QED) is 0.816. The first-order valence-corrected chi connectivity index (χ1v) is 5.57. The number of hydrogen-bond acceptors (Lipinski definition) is 4. The molecule has 2 rings (SSSR count). The van der Waals surface area contributed by atoms with Gasteiger partial charge in [-0.15, -0.1) is 0 Å². The lowest BCUT2D eigenvalue weighted by Crippen LogP contribution is -2.26. The van der Waals surface area contributed by atoms with Crippen LogP contribution in [0.2, 0.25) is 0 Å². The largest absolute Gasteiger partial charge is 0.449 e. The molecule has 4 nitrogen and oxygen atoms in total. The lowest BCUT2D eigenvalue weighted by Gasteiger charge is -2.17. The van der Waals surface area contributed by atoms with Crippen LogP contribution in [-0.4, -0.2) is 29.5 Å². The van der Waals surface area contributed by atoms with Crippen molar-refractivity contribution in [3.05, 3.63) is 17.8 Å². The zero-order chi connectivity index (χ0) is 10.8. The van der Waals surface area contributed by atoms with Crippen LogP contribution in [0.5, 0.6) is 0 Å². The van der Waals surface area contributed by atoms with E-state index in [2.05, 4.69) is 16.9 Å². The van der Waals surface area contributed by atoms with E-state index in [1.54, 1.807) is 6.26 Å². The Morgan fingerprint density at radius 1 is 1.73 bits per heavy atom. The van der Waals surface area contributed by atoms with E-state index in [4.69, 9.17) is 10.2 Å². The molecule has 1 saturated heterocycles. The third kappa shape index (κ3) is 2.38. The maximum Gasteiger partial charge on any atom is 0.195 e. The average molecular weight is 209 g/mol. The molecule has 0 spiro atoms. The summed E-state index contributed by atoms with van der Waals surface area (Å²) >= 11 is 0. The van der Waals surface area contributed by atoms with Crippen LogP contribution in [-0.2, 0) is 6.42 Å². The fraction of sp³-hybridized carbons (Fsp3) is 0.727. The molecule has 1 fully saturated rings. The Labute approximate surface area is 90.5 Å². The maximum atomic E-state index is 5.73. The number of aromatic nitrogens is 1. The molecule has 0 saturated carbocycles. The SMILES string of the molecule is CC(N)c1coc(CC2CCCN2C)n1. The molecule has 1 aromatic heterocycles. The lowest BCUT2D eigenvalue weighted by molar-refractivity contribution is 0.292. The third-order valence-electron chi connectivity index (χ3n) is 3.12. The summed E-state index contributed by atoms with van der Waals surface area (Å²) in [7, 11) is 2.16. The van der Waals surface area contributed by atoms with E-state index in [1.165, 1.54) is 19.4 Å². The monoisotopic (exact) mass is 209 g/mol. The fourth-order valence-corrected chi connectivity index (χ4v) is 2.07. The Morgan fingerprint density at radius 2 is 2.53 bits per heavy atom. The van der Waals surface area contributed by atoms with Crippen molar-refractivity contribution in [2.75, 3.05) is 13.6 Å². The van der Waals surface area contributed by atoms with Gasteiger partial charge in [0.05, 0.1) is 5.69 Å². The molecule has 0 radical (unpaired) electrons. The van der Waals surface area contributed by atoms with E-state index in [1.807, 2.05) is 6.92 Å². The van der Waals surface area contributed by atoms with E-state index in [9.17, 15) is 0 Å². The van der Waals surface area contributed by atoms with Crippen molar-refractivity contribution in [3.8, 4) is 0 Å². The number of rotatable bonds is 3. The molecular formula is C11H19N3O. The van der Waals surface area contributed by atoms with Gasteiger partial charge in [-0.3, -0.25) is 0 Å². The molecule has 15 heavy (non-hydrogen) atoms. The molecule has 2 N–H and O–H groups in total. The van der Waals surface area contributed by atoms with Crippen LogP contribution in [0.1, 0.15) is 37.4 Å². The third-order valence-corrected chi connectivity index (χ3v) is 3.12. The first-order chi connectivity index (χ1) is 7.16. The first-order valence-electron chi connectivity index (χ1n) is 5.57. The number of oxazole rings is 1. The second-order valence-electron chi connectivity index (χ2n) is 4.44. The Balaban J connectivity index is 1.98. The van der Waals surface area contributed by atoms with Gasteiger partial charge in [-0.25, -0.2) is 4.98 Å². The van der Waals surface area contributed by atoms with Crippen LogP contribution < -0.4 is 5.73 Å². The average Bonchev–Trinajstić information content (AvgIpc) is 2.77. The second-order valence-corrected chi connectivity index (χ2v) is 4.44. The molecule has 4 heteroatoms. The highest BCUT2D eigenvalue weighted by atomic mass is 16.3. The van der Waals surface area contributed by atoms with Gasteiger partial charge in [0.1, 0.15) is 6.26 Å². The second kappa shape index (κ2) is 4.33. The first kappa shape index (κ1) is 10.6. The Hall–Kier alpha value is -0.870.